The van der Waals surface area contributed by atoms with Gasteiger partial charge in [-0.2, -0.15) is 0 Å². The number of furan rings is 1. The molecule has 0 unspecified atom stereocenters. The van der Waals surface area contributed by atoms with Crippen molar-refractivity contribution in [3.8, 4) is 33.4 Å². The van der Waals surface area contributed by atoms with Crippen LogP contribution in [0.5, 0.6) is 0 Å². The minimum absolute atomic E-state index is 0.920. The van der Waals surface area contributed by atoms with E-state index in [0.29, 0.717) is 0 Å². The quantitative estimate of drug-likeness (QED) is 0.170. The molecule has 0 aliphatic heterocycles. The molecule has 55 heavy (non-hydrogen) atoms. The maximum Gasteiger partial charge on any atom is 0.136 e. The standard InChI is InChI=1S/C52H33NOS/c1-3-12-34(13-4-1)46-33-37(36-24-29-41-38(32-36)26-31-49-51(41)45-17-7-9-20-48(45)54-49)25-30-47(46)53(39-14-5-2-6-15-39)40-27-22-35(23-28-40)42-18-11-19-44-43-16-8-10-21-50(43)55-52(42)44/h1-33H. The molecule has 0 spiro atoms. The molecule has 0 aliphatic carbocycles. The molecule has 3 heteroatoms. The van der Waals surface area contributed by atoms with Crippen molar-refractivity contribution in [1.82, 2.24) is 0 Å². The van der Waals surface area contributed by atoms with Crippen LogP contribution in [-0.2, 0) is 0 Å². The fourth-order valence-electron chi connectivity index (χ4n) is 8.26. The van der Waals surface area contributed by atoms with Crippen LogP contribution in [0.4, 0.5) is 17.1 Å². The molecule has 258 valence electrons. The van der Waals surface area contributed by atoms with Gasteiger partial charge in [0, 0.05) is 47.9 Å². The van der Waals surface area contributed by atoms with E-state index < -0.39 is 0 Å². The van der Waals surface area contributed by atoms with Crippen LogP contribution in [0.15, 0.2) is 205 Å². The number of hydrogen-bond donors (Lipinski definition) is 0. The Morgan fingerprint density at radius 1 is 0.382 bits per heavy atom. The van der Waals surface area contributed by atoms with Gasteiger partial charge in [0.2, 0.25) is 0 Å². The largest absolute Gasteiger partial charge is 0.456 e. The van der Waals surface area contributed by atoms with Crippen molar-refractivity contribution in [3.05, 3.63) is 200 Å². The van der Waals surface area contributed by atoms with Gasteiger partial charge in [-0.05, 0) is 99.3 Å². The minimum Gasteiger partial charge on any atom is -0.456 e. The molecule has 0 saturated carbocycles. The smallest absolute Gasteiger partial charge is 0.136 e. The Hall–Kier alpha value is -6.94. The molecule has 11 aromatic rings. The van der Waals surface area contributed by atoms with Gasteiger partial charge in [-0.3, -0.25) is 0 Å². The van der Waals surface area contributed by atoms with E-state index in [1.165, 1.54) is 64.1 Å². The molecule has 9 aromatic carbocycles. The zero-order valence-corrected chi connectivity index (χ0v) is 30.6. The highest BCUT2D eigenvalue weighted by Gasteiger charge is 2.19. The van der Waals surface area contributed by atoms with E-state index in [2.05, 4.69) is 193 Å². The Labute approximate surface area is 322 Å². The number of hydrogen-bond acceptors (Lipinski definition) is 3. The van der Waals surface area contributed by atoms with E-state index >= 15 is 0 Å². The fourth-order valence-corrected chi connectivity index (χ4v) is 9.50. The highest BCUT2D eigenvalue weighted by Crippen LogP contribution is 2.45. The maximum atomic E-state index is 6.20. The molecule has 0 aliphatic rings. The van der Waals surface area contributed by atoms with Crippen molar-refractivity contribution in [2.24, 2.45) is 0 Å². The highest BCUT2D eigenvalue weighted by molar-refractivity contribution is 7.26. The molecule has 2 heterocycles. The molecule has 2 nitrogen and oxygen atoms in total. The Balaban J connectivity index is 1.04. The molecule has 2 aromatic heterocycles. The summed E-state index contributed by atoms with van der Waals surface area (Å²) in [6, 6.07) is 72.2. The van der Waals surface area contributed by atoms with E-state index in [-0.39, 0.29) is 0 Å². The van der Waals surface area contributed by atoms with Gasteiger partial charge >= 0.3 is 0 Å². The summed E-state index contributed by atoms with van der Waals surface area (Å²) in [6.07, 6.45) is 0. The van der Waals surface area contributed by atoms with Gasteiger partial charge in [-0.25, -0.2) is 0 Å². The van der Waals surface area contributed by atoms with Gasteiger partial charge in [0.1, 0.15) is 11.2 Å². The topological polar surface area (TPSA) is 16.4 Å². The van der Waals surface area contributed by atoms with E-state index in [1.807, 2.05) is 23.5 Å². The second-order valence-corrected chi connectivity index (χ2v) is 15.1. The van der Waals surface area contributed by atoms with Crippen LogP contribution in [0.3, 0.4) is 0 Å². The first-order chi connectivity index (χ1) is 27.3. The molecule has 11 rings (SSSR count). The second-order valence-electron chi connectivity index (χ2n) is 14.1. The number of fused-ring (bicyclic) bond motifs is 8. The van der Waals surface area contributed by atoms with E-state index in [1.54, 1.807) is 0 Å². The number of benzene rings is 9. The van der Waals surface area contributed by atoms with Crippen LogP contribution < -0.4 is 4.90 Å². The first-order valence-corrected chi connectivity index (χ1v) is 19.5. The predicted molar refractivity (Wildman–Crippen MR) is 235 cm³/mol. The van der Waals surface area contributed by atoms with Gasteiger partial charge in [0.15, 0.2) is 0 Å². The second kappa shape index (κ2) is 12.9. The lowest BCUT2D eigenvalue weighted by Crippen LogP contribution is -2.11. The Bertz CT molecular complexity index is 3190. The van der Waals surface area contributed by atoms with Crippen molar-refractivity contribution < 1.29 is 4.42 Å². The molecule has 0 fully saturated rings. The third-order valence-corrected chi connectivity index (χ3v) is 12.1. The Morgan fingerprint density at radius 3 is 1.89 bits per heavy atom. The third kappa shape index (κ3) is 5.32. The fraction of sp³-hybridized carbons (Fsp3) is 0. The van der Waals surface area contributed by atoms with Crippen LogP contribution in [0.25, 0.3) is 86.3 Å². The Kier molecular flexibility index (Phi) is 7.39. The average molecular weight is 720 g/mol. The van der Waals surface area contributed by atoms with Crippen molar-refractivity contribution in [3.63, 3.8) is 0 Å². The molecule has 0 saturated heterocycles. The lowest BCUT2D eigenvalue weighted by molar-refractivity contribution is 0.669. The van der Waals surface area contributed by atoms with Gasteiger partial charge in [-0.1, -0.05) is 140 Å². The molecule has 0 atom stereocenters. The number of rotatable bonds is 6. The summed E-state index contributed by atoms with van der Waals surface area (Å²) in [7, 11) is 0. The molecule has 0 radical (unpaired) electrons. The maximum absolute atomic E-state index is 6.20. The van der Waals surface area contributed by atoms with E-state index in [9.17, 15) is 0 Å². The Morgan fingerprint density at radius 2 is 1.04 bits per heavy atom. The van der Waals surface area contributed by atoms with Gasteiger partial charge < -0.3 is 9.32 Å². The third-order valence-electron chi connectivity index (χ3n) is 10.9. The highest BCUT2D eigenvalue weighted by atomic mass is 32.1. The summed E-state index contributed by atoms with van der Waals surface area (Å²) in [5.41, 5.74) is 12.3. The monoisotopic (exact) mass is 719 g/mol. The number of anilines is 3. The van der Waals surface area contributed by atoms with E-state index in [4.69, 9.17) is 4.42 Å². The first-order valence-electron chi connectivity index (χ1n) is 18.7. The van der Waals surface area contributed by atoms with Gasteiger partial charge in [0.05, 0.1) is 5.69 Å². The van der Waals surface area contributed by atoms with Gasteiger partial charge in [-0.15, -0.1) is 11.3 Å². The minimum atomic E-state index is 0.920. The SMILES string of the molecule is c1ccc(-c2cc(-c3ccc4c(ccc5oc6ccccc6c54)c3)ccc2N(c2ccccc2)c2ccc(-c3cccc4c3sc3ccccc34)cc2)cc1. The molecular weight excluding hydrogens is 687 g/mol. The molecule has 0 bridgehead atoms. The predicted octanol–water partition coefficient (Wildman–Crippen LogP) is 15.6. The summed E-state index contributed by atoms with van der Waals surface area (Å²) in [4.78, 5) is 2.39. The molecule has 0 N–H and O–H groups in total. The van der Waals surface area contributed by atoms with Crippen LogP contribution in [0.2, 0.25) is 0 Å². The lowest BCUT2D eigenvalue weighted by atomic mass is 9.94. The summed E-state index contributed by atoms with van der Waals surface area (Å²) in [5, 5.41) is 7.35. The van der Waals surface area contributed by atoms with Crippen molar-refractivity contribution in [2.45, 2.75) is 0 Å². The normalized spacial score (nSPS) is 11.6. The van der Waals surface area contributed by atoms with Crippen LogP contribution in [0, 0.1) is 0 Å². The number of thiophene rings is 1. The number of nitrogens with zero attached hydrogens (tertiary/aromatic N) is 1. The summed E-state index contributed by atoms with van der Waals surface area (Å²) in [6.45, 7) is 0. The zero-order valence-electron chi connectivity index (χ0n) is 29.8. The number of para-hydroxylation sites is 2. The average Bonchev–Trinajstić information content (AvgIpc) is 3.84. The van der Waals surface area contributed by atoms with Crippen LogP contribution in [-0.4, -0.2) is 0 Å². The lowest BCUT2D eigenvalue weighted by Gasteiger charge is -2.28. The van der Waals surface area contributed by atoms with Crippen molar-refractivity contribution in [1.29, 1.82) is 0 Å². The summed E-state index contributed by atoms with van der Waals surface area (Å²) in [5.74, 6) is 0. The van der Waals surface area contributed by atoms with Crippen LogP contribution in [0.1, 0.15) is 0 Å². The molecular formula is C52H33NOS. The molecule has 0 amide bonds. The van der Waals surface area contributed by atoms with Crippen LogP contribution >= 0.6 is 11.3 Å². The van der Waals surface area contributed by atoms with E-state index in [0.717, 1.165) is 39.2 Å². The van der Waals surface area contributed by atoms with Crippen molar-refractivity contribution in [2.75, 3.05) is 4.90 Å². The first kappa shape index (κ1) is 31.6. The zero-order chi connectivity index (χ0) is 36.3. The van der Waals surface area contributed by atoms with Gasteiger partial charge in [0.25, 0.3) is 0 Å². The van der Waals surface area contributed by atoms with Crippen molar-refractivity contribution >= 4 is 81.3 Å². The summed E-state index contributed by atoms with van der Waals surface area (Å²) >= 11 is 1.87. The summed E-state index contributed by atoms with van der Waals surface area (Å²) < 4.78 is 8.85.